The van der Waals surface area contributed by atoms with Crippen molar-refractivity contribution < 1.29 is 28.6 Å². The lowest BCUT2D eigenvalue weighted by Crippen LogP contribution is -2.43. The smallest absolute Gasteiger partial charge is 0.344 e. The zero-order valence-corrected chi connectivity index (χ0v) is 14.5. The van der Waals surface area contributed by atoms with Crippen molar-refractivity contribution in [3.8, 4) is 11.5 Å². The summed E-state index contributed by atoms with van der Waals surface area (Å²) >= 11 is 0. The zero-order chi connectivity index (χ0) is 18.8. The summed E-state index contributed by atoms with van der Waals surface area (Å²) in [5.74, 6) is -0.650. The number of carbonyl (C=O) groups is 3. The Labute approximate surface area is 146 Å². The molecule has 0 unspecified atom stereocenters. The molecule has 0 aliphatic carbocycles. The van der Waals surface area contributed by atoms with Crippen LogP contribution in [-0.2, 0) is 20.7 Å². The van der Waals surface area contributed by atoms with Crippen LogP contribution in [0.15, 0.2) is 30.9 Å². The quantitative estimate of drug-likeness (QED) is 0.539. The molecule has 2 N–H and O–H groups in total. The predicted molar refractivity (Wildman–Crippen MR) is 90.5 cm³/mol. The second kappa shape index (κ2) is 9.96. The van der Waals surface area contributed by atoms with Crippen LogP contribution in [-0.4, -0.2) is 44.8 Å². The van der Waals surface area contributed by atoms with Crippen LogP contribution in [0.4, 0.5) is 4.79 Å². The van der Waals surface area contributed by atoms with E-state index < -0.39 is 30.6 Å². The Hall–Kier alpha value is -3.03. The molecule has 8 heteroatoms. The summed E-state index contributed by atoms with van der Waals surface area (Å²) < 4.78 is 15.5. The normalized spacial score (nSPS) is 11.0. The van der Waals surface area contributed by atoms with Crippen LogP contribution in [0.25, 0.3) is 0 Å². The second-order valence-electron chi connectivity index (χ2n) is 4.97. The average molecular weight is 350 g/mol. The summed E-state index contributed by atoms with van der Waals surface area (Å²) in [6, 6.07) is 4.59. The van der Waals surface area contributed by atoms with Gasteiger partial charge in [-0.15, -0.1) is 6.58 Å². The molecule has 0 bridgehead atoms. The maximum atomic E-state index is 11.8. The van der Waals surface area contributed by atoms with Gasteiger partial charge in [0.1, 0.15) is 0 Å². The summed E-state index contributed by atoms with van der Waals surface area (Å²) in [5.41, 5.74) is 0.987. The molecular formula is C17H22N2O6. The molecule has 0 aliphatic heterocycles. The maximum Gasteiger partial charge on any atom is 0.344 e. The molecule has 0 spiro atoms. The van der Waals surface area contributed by atoms with Gasteiger partial charge in [-0.3, -0.25) is 10.1 Å². The summed E-state index contributed by atoms with van der Waals surface area (Å²) in [6.07, 6.45) is 1.31. The van der Waals surface area contributed by atoms with Gasteiger partial charge in [-0.25, -0.2) is 9.59 Å². The van der Waals surface area contributed by atoms with E-state index in [2.05, 4.69) is 11.9 Å². The van der Waals surface area contributed by atoms with Gasteiger partial charge in [-0.05, 0) is 31.0 Å². The van der Waals surface area contributed by atoms with E-state index >= 15 is 0 Å². The minimum absolute atomic E-state index is 0.370. The molecule has 0 saturated heterocycles. The fourth-order valence-electron chi connectivity index (χ4n) is 1.82. The Kier molecular flexibility index (Phi) is 7.98. The third-order valence-electron chi connectivity index (χ3n) is 3.09. The first-order valence-electron chi connectivity index (χ1n) is 7.54. The second-order valence-corrected chi connectivity index (χ2v) is 4.97. The van der Waals surface area contributed by atoms with Crippen molar-refractivity contribution in [3.63, 3.8) is 0 Å². The van der Waals surface area contributed by atoms with Gasteiger partial charge in [0.05, 0.1) is 7.11 Å². The maximum absolute atomic E-state index is 11.8. The molecule has 0 fully saturated rings. The van der Waals surface area contributed by atoms with Crippen molar-refractivity contribution in [1.29, 1.82) is 0 Å². The van der Waals surface area contributed by atoms with Gasteiger partial charge in [0.2, 0.25) is 0 Å². The Bertz CT molecular complexity index is 644. The van der Waals surface area contributed by atoms with Gasteiger partial charge >= 0.3 is 12.0 Å². The highest BCUT2D eigenvalue weighted by Gasteiger charge is 2.20. The van der Waals surface area contributed by atoms with Crippen LogP contribution in [0.5, 0.6) is 11.5 Å². The van der Waals surface area contributed by atoms with Crippen molar-refractivity contribution in [2.24, 2.45) is 0 Å². The number of hydrogen-bond donors (Lipinski definition) is 2. The molecule has 8 nitrogen and oxygen atoms in total. The van der Waals surface area contributed by atoms with E-state index in [-0.39, 0.29) is 0 Å². The third kappa shape index (κ3) is 6.54. The molecule has 136 valence electrons. The van der Waals surface area contributed by atoms with Gasteiger partial charge < -0.3 is 19.5 Å². The summed E-state index contributed by atoms with van der Waals surface area (Å²) in [4.78, 5) is 34.4. The van der Waals surface area contributed by atoms with Gasteiger partial charge in [-0.2, -0.15) is 0 Å². The van der Waals surface area contributed by atoms with Crippen LogP contribution in [0.3, 0.4) is 0 Å². The Balaban J connectivity index is 2.57. The van der Waals surface area contributed by atoms with Crippen molar-refractivity contribution in [2.75, 3.05) is 20.8 Å². The van der Waals surface area contributed by atoms with Crippen molar-refractivity contribution in [3.05, 3.63) is 36.4 Å². The monoisotopic (exact) mass is 350 g/mol. The molecule has 1 aromatic rings. The van der Waals surface area contributed by atoms with Crippen LogP contribution >= 0.6 is 0 Å². The number of ether oxygens (including phenoxy) is 3. The minimum Gasteiger partial charge on any atom is -0.493 e. The molecule has 0 aromatic heterocycles. The fraction of sp³-hybridized carbons (Fsp3) is 0.353. The largest absolute Gasteiger partial charge is 0.493 e. The first kappa shape index (κ1) is 20.0. The first-order chi connectivity index (χ1) is 11.9. The number of rotatable bonds is 8. The number of hydrogen-bond acceptors (Lipinski definition) is 6. The Morgan fingerprint density at radius 3 is 2.60 bits per heavy atom. The number of nitrogens with one attached hydrogen (secondary N) is 2. The minimum atomic E-state index is -1.13. The van der Waals surface area contributed by atoms with E-state index in [1.807, 2.05) is 11.4 Å². The van der Waals surface area contributed by atoms with E-state index in [4.69, 9.17) is 14.2 Å². The Morgan fingerprint density at radius 2 is 2.00 bits per heavy atom. The van der Waals surface area contributed by atoms with Crippen LogP contribution in [0, 0.1) is 0 Å². The van der Waals surface area contributed by atoms with Gasteiger partial charge in [-0.1, -0.05) is 12.1 Å². The molecule has 25 heavy (non-hydrogen) atoms. The molecule has 3 amide bonds. The summed E-state index contributed by atoms with van der Waals surface area (Å²) in [7, 11) is 2.85. The number of allylic oxidation sites excluding steroid dienone is 1. The topological polar surface area (TPSA) is 103 Å². The average Bonchev–Trinajstić information content (AvgIpc) is 2.60. The molecule has 1 rings (SSSR count). The van der Waals surface area contributed by atoms with Gasteiger partial charge in [0, 0.05) is 7.05 Å². The number of carbonyl (C=O) groups excluding carboxylic acids is 3. The van der Waals surface area contributed by atoms with E-state index in [0.717, 1.165) is 5.56 Å². The van der Waals surface area contributed by atoms with E-state index in [1.54, 1.807) is 18.2 Å². The molecular weight excluding hydrogens is 328 g/mol. The highest BCUT2D eigenvalue weighted by Crippen LogP contribution is 2.28. The lowest BCUT2D eigenvalue weighted by molar-refractivity contribution is -0.156. The number of esters is 1. The molecule has 0 heterocycles. The lowest BCUT2D eigenvalue weighted by Gasteiger charge is -2.14. The lowest BCUT2D eigenvalue weighted by atomic mass is 10.1. The van der Waals surface area contributed by atoms with E-state index in [9.17, 15) is 14.4 Å². The number of benzene rings is 1. The van der Waals surface area contributed by atoms with Crippen LogP contribution in [0.2, 0.25) is 0 Å². The van der Waals surface area contributed by atoms with Crippen molar-refractivity contribution in [2.45, 2.75) is 19.4 Å². The molecule has 1 atom stereocenters. The molecule has 0 saturated carbocycles. The fourth-order valence-corrected chi connectivity index (χ4v) is 1.82. The first-order valence-corrected chi connectivity index (χ1v) is 7.54. The number of urea groups is 1. The SMILES string of the molecule is C=CCc1ccc(OCC(=O)O[C@@H](C)C(=O)NC(=O)NC)c(OC)c1. The number of methoxy groups -OCH3 is 1. The zero-order valence-electron chi connectivity index (χ0n) is 14.5. The van der Waals surface area contributed by atoms with E-state index in [0.29, 0.717) is 17.9 Å². The third-order valence-corrected chi connectivity index (χ3v) is 3.09. The molecule has 0 aliphatic rings. The number of amides is 3. The standard InChI is InChI=1S/C17H22N2O6/c1-5-6-12-7-8-13(14(9-12)23-4)24-10-15(20)25-11(2)16(21)19-17(22)18-3/h5,7-9,11H,1,6,10H2,2-4H3,(H2,18,19,21,22)/t11-/m0/s1. The summed E-state index contributed by atoms with van der Waals surface area (Å²) in [5, 5.41) is 4.23. The predicted octanol–water partition coefficient (Wildman–Crippen LogP) is 1.19. The summed E-state index contributed by atoms with van der Waals surface area (Å²) in [6.45, 7) is 4.61. The Morgan fingerprint density at radius 1 is 1.28 bits per heavy atom. The van der Waals surface area contributed by atoms with Crippen molar-refractivity contribution >= 4 is 17.9 Å². The highest BCUT2D eigenvalue weighted by molar-refractivity contribution is 5.97. The van der Waals surface area contributed by atoms with Crippen LogP contribution < -0.4 is 20.1 Å². The van der Waals surface area contributed by atoms with Gasteiger partial charge in [0.15, 0.2) is 24.2 Å². The highest BCUT2D eigenvalue weighted by atomic mass is 16.6. The number of imide groups is 1. The van der Waals surface area contributed by atoms with E-state index in [1.165, 1.54) is 21.1 Å². The molecule has 0 radical (unpaired) electrons. The molecule has 1 aromatic carbocycles. The van der Waals surface area contributed by atoms with Gasteiger partial charge in [0.25, 0.3) is 5.91 Å². The van der Waals surface area contributed by atoms with Crippen molar-refractivity contribution in [1.82, 2.24) is 10.6 Å². The van der Waals surface area contributed by atoms with Crippen LogP contribution in [0.1, 0.15) is 12.5 Å².